The molecule has 0 radical (unpaired) electrons. The number of hydrogen-bond acceptors (Lipinski definition) is 3. The Labute approximate surface area is 104 Å². The number of nitrogens with zero attached hydrogens (tertiary/aromatic N) is 3. The molecule has 0 atom stereocenters. The molecule has 2 heterocycles. The third-order valence-electron chi connectivity index (χ3n) is 2.82. The second-order valence-electron chi connectivity index (χ2n) is 4.21. The summed E-state index contributed by atoms with van der Waals surface area (Å²) in [4.78, 5) is 14.8. The van der Waals surface area contributed by atoms with Crippen molar-refractivity contribution < 1.29 is 0 Å². The monoisotopic (exact) mass is 237 g/mol. The summed E-state index contributed by atoms with van der Waals surface area (Å²) in [6, 6.07) is 7.95. The Kier molecular flexibility index (Phi) is 2.17. The number of nitrogens with one attached hydrogen (secondary N) is 2. The highest BCUT2D eigenvalue weighted by atomic mass is 14.9. The van der Waals surface area contributed by atoms with Crippen LogP contribution in [0, 0.1) is 25.2 Å². The van der Waals surface area contributed by atoms with E-state index in [1.807, 2.05) is 32.0 Å². The van der Waals surface area contributed by atoms with Gasteiger partial charge in [0.05, 0.1) is 16.7 Å². The number of fused-ring (bicyclic) bond motifs is 1. The molecule has 88 valence electrons. The van der Waals surface area contributed by atoms with Crippen molar-refractivity contribution in [2.24, 2.45) is 0 Å². The molecule has 3 aromatic rings. The lowest BCUT2D eigenvalue weighted by Crippen LogP contribution is -1.82. The minimum absolute atomic E-state index is 0.420. The van der Waals surface area contributed by atoms with E-state index in [2.05, 4.69) is 26.0 Å². The summed E-state index contributed by atoms with van der Waals surface area (Å²) >= 11 is 0. The molecule has 0 unspecified atom stereocenters. The van der Waals surface area contributed by atoms with Gasteiger partial charge in [0.1, 0.15) is 17.7 Å². The summed E-state index contributed by atoms with van der Waals surface area (Å²) in [5.41, 5.74) is 3.99. The molecule has 0 amide bonds. The molecular formula is C13H11N5. The lowest BCUT2D eigenvalue weighted by atomic mass is 10.1. The fourth-order valence-electron chi connectivity index (χ4n) is 2.07. The van der Waals surface area contributed by atoms with Crippen LogP contribution in [-0.2, 0) is 0 Å². The first-order valence-corrected chi connectivity index (χ1v) is 5.61. The van der Waals surface area contributed by atoms with Gasteiger partial charge in [0.25, 0.3) is 0 Å². The van der Waals surface area contributed by atoms with E-state index in [4.69, 9.17) is 5.26 Å². The summed E-state index contributed by atoms with van der Waals surface area (Å²) in [6.45, 7) is 3.75. The molecule has 0 spiro atoms. The van der Waals surface area contributed by atoms with Crippen molar-refractivity contribution in [2.45, 2.75) is 13.8 Å². The normalized spacial score (nSPS) is 10.7. The molecule has 0 fully saturated rings. The Balaban J connectivity index is 2.22. The first-order chi connectivity index (χ1) is 8.67. The van der Waals surface area contributed by atoms with Gasteiger partial charge < -0.3 is 9.97 Å². The average Bonchev–Trinajstić information content (AvgIpc) is 2.89. The minimum atomic E-state index is 0.420. The van der Waals surface area contributed by atoms with E-state index in [0.29, 0.717) is 5.69 Å². The van der Waals surface area contributed by atoms with E-state index in [1.54, 1.807) is 0 Å². The lowest BCUT2D eigenvalue weighted by Gasteiger charge is -1.98. The fraction of sp³-hybridized carbons (Fsp3) is 0.154. The topological polar surface area (TPSA) is 81.2 Å². The number of aryl methyl sites for hydroxylation is 2. The second kappa shape index (κ2) is 3.70. The summed E-state index contributed by atoms with van der Waals surface area (Å²) in [5.74, 6) is 1.62. The summed E-state index contributed by atoms with van der Waals surface area (Å²) in [7, 11) is 0. The summed E-state index contributed by atoms with van der Waals surface area (Å²) in [6.07, 6.45) is 0. The van der Waals surface area contributed by atoms with Gasteiger partial charge in [0.2, 0.25) is 0 Å². The third kappa shape index (κ3) is 1.55. The van der Waals surface area contributed by atoms with Crippen LogP contribution < -0.4 is 0 Å². The number of benzene rings is 1. The Bertz CT molecular complexity index is 772. The highest BCUT2D eigenvalue weighted by molar-refractivity contribution is 5.82. The third-order valence-corrected chi connectivity index (χ3v) is 2.82. The first-order valence-electron chi connectivity index (χ1n) is 5.61. The van der Waals surface area contributed by atoms with Crippen LogP contribution in [0.3, 0.4) is 0 Å². The van der Waals surface area contributed by atoms with Gasteiger partial charge in [-0.2, -0.15) is 5.26 Å². The van der Waals surface area contributed by atoms with Crippen molar-refractivity contribution in [3.8, 4) is 17.3 Å². The molecule has 0 aliphatic carbocycles. The number of H-pyrrole nitrogens is 2. The van der Waals surface area contributed by atoms with Gasteiger partial charge in [-0.25, -0.2) is 9.97 Å². The van der Waals surface area contributed by atoms with E-state index in [1.165, 1.54) is 0 Å². The van der Waals surface area contributed by atoms with Crippen molar-refractivity contribution >= 4 is 11.0 Å². The van der Waals surface area contributed by atoms with E-state index in [0.717, 1.165) is 33.9 Å². The van der Waals surface area contributed by atoms with E-state index < -0.39 is 0 Å². The molecule has 0 saturated heterocycles. The molecular weight excluding hydrogens is 226 g/mol. The second-order valence-corrected chi connectivity index (χ2v) is 4.21. The van der Waals surface area contributed by atoms with Crippen LogP contribution in [0.2, 0.25) is 0 Å². The molecule has 3 rings (SSSR count). The van der Waals surface area contributed by atoms with Crippen LogP contribution in [-0.4, -0.2) is 19.9 Å². The maximum atomic E-state index is 9.06. The molecule has 0 bridgehead atoms. The Hall–Kier alpha value is -2.61. The molecule has 2 N–H and O–H groups in total. The van der Waals surface area contributed by atoms with Crippen molar-refractivity contribution in [1.29, 1.82) is 5.26 Å². The summed E-state index contributed by atoms with van der Waals surface area (Å²) < 4.78 is 0. The van der Waals surface area contributed by atoms with E-state index in [9.17, 15) is 0 Å². The first kappa shape index (κ1) is 10.5. The van der Waals surface area contributed by atoms with Crippen molar-refractivity contribution in [2.75, 3.05) is 0 Å². The SMILES string of the molecule is Cc1nc(C#N)c(-c2ccc3nc(C)[nH]c3c2)[nH]1. The van der Waals surface area contributed by atoms with Crippen LogP contribution in [0.1, 0.15) is 17.3 Å². The zero-order valence-corrected chi connectivity index (χ0v) is 10.1. The smallest absolute Gasteiger partial charge is 0.166 e. The Morgan fingerprint density at radius 1 is 1.11 bits per heavy atom. The standard InChI is InChI=1S/C13H11N5/c1-7-15-10-4-3-9(5-11(10)16-7)13-12(6-14)17-8(2)18-13/h3-5H,1-2H3,(H,15,16)(H,17,18). The Morgan fingerprint density at radius 3 is 2.67 bits per heavy atom. The molecule has 0 aliphatic heterocycles. The predicted molar refractivity (Wildman–Crippen MR) is 67.9 cm³/mol. The molecule has 1 aromatic carbocycles. The maximum absolute atomic E-state index is 9.06. The van der Waals surface area contributed by atoms with Crippen molar-refractivity contribution in [3.05, 3.63) is 35.5 Å². The zero-order chi connectivity index (χ0) is 12.7. The number of hydrogen-bond donors (Lipinski definition) is 2. The minimum Gasteiger partial charge on any atom is -0.342 e. The van der Waals surface area contributed by atoms with Crippen molar-refractivity contribution in [1.82, 2.24) is 19.9 Å². The molecule has 0 aliphatic rings. The molecule has 5 nitrogen and oxygen atoms in total. The van der Waals surface area contributed by atoms with Gasteiger partial charge in [-0.15, -0.1) is 0 Å². The largest absolute Gasteiger partial charge is 0.342 e. The highest BCUT2D eigenvalue weighted by Gasteiger charge is 2.11. The van der Waals surface area contributed by atoms with Gasteiger partial charge in [0.15, 0.2) is 5.69 Å². The quantitative estimate of drug-likeness (QED) is 0.682. The molecule has 5 heteroatoms. The molecule has 0 saturated carbocycles. The van der Waals surface area contributed by atoms with Crippen LogP contribution in [0.5, 0.6) is 0 Å². The number of aromatic amines is 2. The molecule has 18 heavy (non-hydrogen) atoms. The van der Waals surface area contributed by atoms with Crippen LogP contribution in [0.15, 0.2) is 18.2 Å². The number of imidazole rings is 2. The lowest BCUT2D eigenvalue weighted by molar-refractivity contribution is 1.14. The Morgan fingerprint density at radius 2 is 1.89 bits per heavy atom. The predicted octanol–water partition coefficient (Wildman–Crippen LogP) is 2.44. The van der Waals surface area contributed by atoms with Gasteiger partial charge in [-0.3, -0.25) is 0 Å². The van der Waals surface area contributed by atoms with Gasteiger partial charge in [-0.1, -0.05) is 6.07 Å². The van der Waals surface area contributed by atoms with Gasteiger partial charge >= 0.3 is 0 Å². The maximum Gasteiger partial charge on any atom is 0.166 e. The fourth-order valence-corrected chi connectivity index (χ4v) is 2.07. The van der Waals surface area contributed by atoms with Gasteiger partial charge in [-0.05, 0) is 26.0 Å². The summed E-state index contributed by atoms with van der Waals surface area (Å²) in [5, 5.41) is 9.06. The van der Waals surface area contributed by atoms with Crippen LogP contribution in [0.25, 0.3) is 22.3 Å². The average molecular weight is 237 g/mol. The zero-order valence-electron chi connectivity index (χ0n) is 10.1. The van der Waals surface area contributed by atoms with Crippen LogP contribution in [0.4, 0.5) is 0 Å². The van der Waals surface area contributed by atoms with E-state index in [-0.39, 0.29) is 0 Å². The number of aromatic nitrogens is 4. The van der Waals surface area contributed by atoms with Crippen LogP contribution >= 0.6 is 0 Å². The van der Waals surface area contributed by atoms with Crippen molar-refractivity contribution in [3.63, 3.8) is 0 Å². The number of rotatable bonds is 1. The van der Waals surface area contributed by atoms with E-state index >= 15 is 0 Å². The highest BCUT2D eigenvalue weighted by Crippen LogP contribution is 2.24. The molecule has 2 aromatic heterocycles. The number of nitriles is 1. The van der Waals surface area contributed by atoms with Gasteiger partial charge in [0, 0.05) is 5.56 Å².